The van der Waals surface area contributed by atoms with E-state index in [0.29, 0.717) is 23.7 Å². The molecule has 1 aromatic carbocycles. The zero-order valence-corrected chi connectivity index (χ0v) is 18.7. The summed E-state index contributed by atoms with van der Waals surface area (Å²) >= 11 is 13.1. The summed E-state index contributed by atoms with van der Waals surface area (Å²) in [6.07, 6.45) is 7.99. The van der Waals surface area contributed by atoms with Crippen LogP contribution < -0.4 is 4.74 Å². The lowest BCUT2D eigenvalue weighted by Gasteiger charge is -2.35. The van der Waals surface area contributed by atoms with E-state index in [0.717, 1.165) is 37.7 Å². The monoisotopic (exact) mass is 440 g/mol. The van der Waals surface area contributed by atoms with Crippen LogP contribution in [0, 0.1) is 11.3 Å². The SMILES string of the molecule is CCCCC1(C)C(=O)c2c(cc(OCCCC(=O)O)c(Cl)c2Cl)C1C1CCCC1. The fraction of sp³-hybridized carbons (Fsp3) is 0.652. The van der Waals surface area contributed by atoms with Gasteiger partial charge in [-0.2, -0.15) is 0 Å². The maximum Gasteiger partial charge on any atom is 0.303 e. The van der Waals surface area contributed by atoms with Crippen molar-refractivity contribution in [3.05, 3.63) is 27.2 Å². The Morgan fingerprint density at radius 1 is 1.24 bits per heavy atom. The summed E-state index contributed by atoms with van der Waals surface area (Å²) in [6.45, 7) is 4.50. The summed E-state index contributed by atoms with van der Waals surface area (Å²) in [5.41, 5.74) is 1.09. The van der Waals surface area contributed by atoms with Crippen molar-refractivity contribution in [2.75, 3.05) is 6.61 Å². The molecule has 0 aromatic heterocycles. The number of unbranched alkanes of at least 4 members (excludes halogenated alkanes) is 1. The zero-order valence-electron chi connectivity index (χ0n) is 17.2. The van der Waals surface area contributed by atoms with Crippen LogP contribution in [-0.2, 0) is 4.79 Å². The van der Waals surface area contributed by atoms with Crippen LogP contribution in [0.1, 0.15) is 93.5 Å². The molecule has 0 bridgehead atoms. The summed E-state index contributed by atoms with van der Waals surface area (Å²) in [7, 11) is 0. The first-order chi connectivity index (χ1) is 13.8. The van der Waals surface area contributed by atoms with Gasteiger partial charge in [-0.15, -0.1) is 0 Å². The molecule has 0 aliphatic heterocycles. The number of aliphatic carboxylic acids is 1. The van der Waals surface area contributed by atoms with Crippen LogP contribution in [0.3, 0.4) is 0 Å². The highest BCUT2D eigenvalue weighted by molar-refractivity contribution is 6.45. The predicted octanol–water partition coefficient (Wildman–Crippen LogP) is 6.90. The van der Waals surface area contributed by atoms with Crippen LogP contribution in [0.15, 0.2) is 6.07 Å². The molecule has 3 rings (SSSR count). The van der Waals surface area contributed by atoms with E-state index in [-0.39, 0.29) is 34.8 Å². The summed E-state index contributed by atoms with van der Waals surface area (Å²) in [4.78, 5) is 24.3. The van der Waals surface area contributed by atoms with Crippen molar-refractivity contribution in [1.29, 1.82) is 0 Å². The van der Waals surface area contributed by atoms with Crippen molar-refractivity contribution in [2.24, 2.45) is 11.3 Å². The van der Waals surface area contributed by atoms with Crippen LogP contribution >= 0.6 is 23.2 Å². The Bertz CT molecular complexity index is 786. The van der Waals surface area contributed by atoms with E-state index in [1.165, 1.54) is 12.8 Å². The summed E-state index contributed by atoms with van der Waals surface area (Å²) in [5.74, 6) is 0.318. The number of halogens is 2. The number of carboxylic acids is 1. The van der Waals surface area contributed by atoms with E-state index >= 15 is 0 Å². The number of carbonyl (C=O) groups excluding carboxylic acids is 1. The number of carboxylic acid groups (broad SMARTS) is 1. The van der Waals surface area contributed by atoms with Gasteiger partial charge in [0.2, 0.25) is 0 Å². The summed E-state index contributed by atoms with van der Waals surface area (Å²) in [5, 5.41) is 9.34. The van der Waals surface area contributed by atoms with Crippen LogP contribution in [0.2, 0.25) is 10.0 Å². The molecular formula is C23H30Cl2O4. The average molecular weight is 441 g/mol. The van der Waals surface area contributed by atoms with Gasteiger partial charge in [0.05, 0.1) is 11.6 Å². The number of rotatable bonds is 9. The highest BCUT2D eigenvalue weighted by Gasteiger charge is 2.53. The molecule has 160 valence electrons. The van der Waals surface area contributed by atoms with Crippen LogP contribution in [0.4, 0.5) is 0 Å². The predicted molar refractivity (Wildman–Crippen MR) is 115 cm³/mol. The normalized spacial score (nSPS) is 24.1. The number of hydrogen-bond donors (Lipinski definition) is 1. The third kappa shape index (κ3) is 4.29. The van der Waals surface area contributed by atoms with Gasteiger partial charge in [-0.3, -0.25) is 9.59 Å². The van der Waals surface area contributed by atoms with Gasteiger partial charge in [0.25, 0.3) is 0 Å². The summed E-state index contributed by atoms with van der Waals surface area (Å²) < 4.78 is 5.80. The molecule has 2 atom stereocenters. The molecule has 1 saturated carbocycles. The topological polar surface area (TPSA) is 63.6 Å². The minimum absolute atomic E-state index is 0.0363. The number of benzene rings is 1. The Kier molecular flexibility index (Phi) is 7.16. The van der Waals surface area contributed by atoms with E-state index < -0.39 is 11.4 Å². The quantitative estimate of drug-likeness (QED) is 0.423. The number of fused-ring (bicyclic) bond motifs is 1. The maximum atomic E-state index is 13.6. The molecule has 1 aromatic rings. The fourth-order valence-electron chi connectivity index (χ4n) is 5.26. The number of Topliss-reactive ketones (excluding diaryl/α,β-unsaturated/α-hetero) is 1. The van der Waals surface area contributed by atoms with E-state index in [1.807, 2.05) is 6.07 Å². The lowest BCUT2D eigenvalue weighted by molar-refractivity contribution is -0.137. The van der Waals surface area contributed by atoms with Crippen LogP contribution in [-0.4, -0.2) is 23.5 Å². The number of ketones is 1. The third-order valence-electron chi connectivity index (χ3n) is 6.68. The number of hydrogen-bond acceptors (Lipinski definition) is 3. The van der Waals surface area contributed by atoms with Gasteiger partial charge in [-0.05, 0) is 43.2 Å². The third-order valence-corrected chi connectivity index (χ3v) is 7.53. The number of carbonyl (C=O) groups is 2. The molecule has 0 radical (unpaired) electrons. The zero-order chi connectivity index (χ0) is 21.2. The summed E-state index contributed by atoms with van der Waals surface area (Å²) in [6, 6.07) is 1.91. The van der Waals surface area contributed by atoms with Crippen molar-refractivity contribution in [1.82, 2.24) is 0 Å². The lowest BCUT2D eigenvalue weighted by Crippen LogP contribution is -2.31. The van der Waals surface area contributed by atoms with Crippen molar-refractivity contribution < 1.29 is 19.4 Å². The fourth-order valence-corrected chi connectivity index (χ4v) is 5.75. The Labute approximate surface area is 182 Å². The molecule has 6 heteroatoms. The van der Waals surface area contributed by atoms with Gasteiger partial charge in [0.1, 0.15) is 10.8 Å². The van der Waals surface area contributed by atoms with Gasteiger partial charge >= 0.3 is 5.97 Å². The molecule has 2 aliphatic rings. The van der Waals surface area contributed by atoms with Gasteiger partial charge < -0.3 is 9.84 Å². The Hall–Kier alpha value is -1.26. The minimum atomic E-state index is -0.856. The number of ether oxygens (including phenoxy) is 1. The van der Waals surface area contributed by atoms with E-state index in [4.69, 9.17) is 33.0 Å². The van der Waals surface area contributed by atoms with Crippen LogP contribution in [0.25, 0.3) is 0 Å². The molecule has 2 aliphatic carbocycles. The van der Waals surface area contributed by atoms with E-state index in [2.05, 4.69) is 13.8 Å². The van der Waals surface area contributed by atoms with Gasteiger partial charge in [-0.25, -0.2) is 0 Å². The molecule has 1 fully saturated rings. The molecule has 0 heterocycles. The van der Waals surface area contributed by atoms with Crippen molar-refractivity contribution in [3.8, 4) is 5.75 Å². The average Bonchev–Trinajstić information content (AvgIpc) is 3.27. The molecule has 0 saturated heterocycles. The molecular weight excluding hydrogens is 411 g/mol. The minimum Gasteiger partial charge on any atom is -0.492 e. The van der Waals surface area contributed by atoms with Crippen molar-refractivity contribution in [2.45, 2.75) is 77.6 Å². The van der Waals surface area contributed by atoms with Gasteiger partial charge in [-0.1, -0.05) is 62.7 Å². The molecule has 2 unspecified atom stereocenters. The van der Waals surface area contributed by atoms with E-state index in [9.17, 15) is 9.59 Å². The van der Waals surface area contributed by atoms with Crippen LogP contribution in [0.5, 0.6) is 5.75 Å². The first kappa shape index (κ1) is 22.4. The largest absolute Gasteiger partial charge is 0.492 e. The maximum absolute atomic E-state index is 13.6. The molecule has 4 nitrogen and oxygen atoms in total. The molecule has 1 N–H and O–H groups in total. The standard InChI is InChI=1S/C23H30Cl2O4/c1-3-4-11-23(2)19(14-8-5-6-9-14)15-13-16(29-12-7-10-17(26)27)20(24)21(25)18(15)22(23)28/h13-14,19H,3-12H2,1-2H3,(H,26,27). The highest BCUT2D eigenvalue weighted by atomic mass is 35.5. The molecule has 0 spiro atoms. The highest BCUT2D eigenvalue weighted by Crippen LogP contribution is 2.59. The van der Waals surface area contributed by atoms with Gasteiger partial charge in [0, 0.05) is 23.3 Å². The lowest BCUT2D eigenvalue weighted by atomic mass is 9.67. The smallest absolute Gasteiger partial charge is 0.303 e. The first-order valence-electron chi connectivity index (χ1n) is 10.7. The van der Waals surface area contributed by atoms with Crippen molar-refractivity contribution in [3.63, 3.8) is 0 Å². The van der Waals surface area contributed by atoms with Gasteiger partial charge in [0.15, 0.2) is 5.78 Å². The Balaban J connectivity index is 1.98. The first-order valence-corrected chi connectivity index (χ1v) is 11.5. The Morgan fingerprint density at radius 3 is 2.55 bits per heavy atom. The Morgan fingerprint density at radius 2 is 1.93 bits per heavy atom. The second-order valence-corrected chi connectivity index (χ2v) is 9.44. The second-order valence-electron chi connectivity index (χ2n) is 8.69. The second kappa shape index (κ2) is 9.26. The molecule has 0 amide bonds. The molecule has 29 heavy (non-hydrogen) atoms. The van der Waals surface area contributed by atoms with E-state index in [1.54, 1.807) is 0 Å². The van der Waals surface area contributed by atoms with Crippen molar-refractivity contribution >= 4 is 35.0 Å².